The molecule has 24 heavy (non-hydrogen) atoms. The van der Waals surface area contributed by atoms with Crippen molar-refractivity contribution >= 4 is 11.9 Å². The van der Waals surface area contributed by atoms with Gasteiger partial charge < -0.3 is 24.9 Å². The van der Waals surface area contributed by atoms with Gasteiger partial charge in [-0.25, -0.2) is 9.78 Å². The largest absolute Gasteiger partial charge is 0.467 e. The van der Waals surface area contributed by atoms with Gasteiger partial charge in [0.2, 0.25) is 5.91 Å². The van der Waals surface area contributed by atoms with Crippen LogP contribution in [-0.4, -0.2) is 34.1 Å². The first-order valence-corrected chi connectivity index (χ1v) is 8.03. The second-order valence-corrected chi connectivity index (χ2v) is 5.80. The summed E-state index contributed by atoms with van der Waals surface area (Å²) in [5, 5.41) is 8.17. The van der Waals surface area contributed by atoms with E-state index in [4.69, 9.17) is 4.42 Å². The highest BCUT2D eigenvalue weighted by atomic mass is 16.3. The van der Waals surface area contributed by atoms with Gasteiger partial charge in [0.1, 0.15) is 5.76 Å². The molecule has 128 valence electrons. The van der Waals surface area contributed by atoms with E-state index >= 15 is 0 Å². The molecule has 0 unspecified atom stereocenters. The fraction of sp³-hybridized carbons (Fsp3) is 0.438. The molecule has 3 amide bonds. The van der Waals surface area contributed by atoms with Crippen LogP contribution in [0.25, 0.3) is 0 Å². The predicted molar refractivity (Wildman–Crippen MR) is 86.0 cm³/mol. The molecule has 0 aliphatic heterocycles. The number of nitrogens with zero attached hydrogens (tertiary/aromatic N) is 2. The van der Waals surface area contributed by atoms with E-state index in [1.807, 2.05) is 10.8 Å². The first-order chi connectivity index (χ1) is 11.7. The number of amides is 3. The molecule has 1 fully saturated rings. The Labute approximate surface area is 139 Å². The zero-order valence-corrected chi connectivity index (χ0v) is 13.3. The third kappa shape index (κ3) is 4.15. The zero-order valence-electron chi connectivity index (χ0n) is 13.3. The fourth-order valence-corrected chi connectivity index (χ4v) is 2.99. The van der Waals surface area contributed by atoms with Crippen LogP contribution in [0.2, 0.25) is 0 Å². The van der Waals surface area contributed by atoms with Gasteiger partial charge in [0, 0.05) is 18.4 Å². The third-order valence-corrected chi connectivity index (χ3v) is 4.15. The van der Waals surface area contributed by atoms with Crippen molar-refractivity contribution in [2.75, 3.05) is 6.54 Å². The van der Waals surface area contributed by atoms with Gasteiger partial charge in [-0.05, 0) is 31.4 Å². The van der Waals surface area contributed by atoms with E-state index in [0.29, 0.717) is 5.76 Å². The highest BCUT2D eigenvalue weighted by molar-refractivity contribution is 5.84. The van der Waals surface area contributed by atoms with E-state index in [0.717, 1.165) is 19.3 Å². The summed E-state index contributed by atoms with van der Waals surface area (Å²) in [4.78, 5) is 27.8. The van der Waals surface area contributed by atoms with Crippen molar-refractivity contribution in [2.24, 2.45) is 0 Å². The standard InChI is InChI=1S/C16H21N5O3/c22-15(10-19-16(23)18-9-12-3-2-8-24-12)20-13-4-1-5-14(13)21-7-6-17-11-21/h2-3,6-8,11,13-14H,1,4-5,9-10H2,(H,20,22)(H2,18,19,23)/t13-,14-/m0/s1. The number of furan rings is 1. The van der Waals surface area contributed by atoms with Gasteiger partial charge in [0.15, 0.2) is 0 Å². The molecule has 0 spiro atoms. The summed E-state index contributed by atoms with van der Waals surface area (Å²) in [6.45, 7) is 0.225. The molecular formula is C16H21N5O3. The van der Waals surface area contributed by atoms with Crippen molar-refractivity contribution < 1.29 is 14.0 Å². The lowest BCUT2D eigenvalue weighted by molar-refractivity contribution is -0.121. The van der Waals surface area contributed by atoms with Crippen LogP contribution in [0.15, 0.2) is 41.5 Å². The van der Waals surface area contributed by atoms with Gasteiger partial charge >= 0.3 is 6.03 Å². The molecule has 1 aliphatic rings. The summed E-state index contributed by atoms with van der Waals surface area (Å²) in [6.07, 6.45) is 9.97. The minimum absolute atomic E-state index is 0.0584. The average molecular weight is 331 g/mol. The normalized spacial score (nSPS) is 19.8. The minimum atomic E-state index is -0.404. The first kappa shape index (κ1) is 16.1. The second kappa shape index (κ2) is 7.67. The van der Waals surface area contributed by atoms with Crippen LogP contribution in [0, 0.1) is 0 Å². The summed E-state index contributed by atoms with van der Waals surface area (Å²) < 4.78 is 7.15. The molecule has 8 nitrogen and oxygen atoms in total. The Kier molecular flexibility index (Phi) is 5.15. The van der Waals surface area contributed by atoms with Crippen molar-refractivity contribution in [3.05, 3.63) is 42.9 Å². The van der Waals surface area contributed by atoms with E-state index in [1.54, 1.807) is 30.9 Å². The highest BCUT2D eigenvalue weighted by Crippen LogP contribution is 2.29. The van der Waals surface area contributed by atoms with Gasteiger partial charge in [-0.2, -0.15) is 0 Å². The van der Waals surface area contributed by atoms with E-state index in [-0.39, 0.29) is 31.1 Å². The molecule has 2 aromatic heterocycles. The van der Waals surface area contributed by atoms with Crippen LogP contribution in [0.3, 0.4) is 0 Å². The van der Waals surface area contributed by atoms with Crippen LogP contribution in [0.5, 0.6) is 0 Å². The maximum atomic E-state index is 12.1. The number of nitrogens with one attached hydrogen (secondary N) is 3. The van der Waals surface area contributed by atoms with E-state index in [1.165, 1.54) is 0 Å². The van der Waals surface area contributed by atoms with Gasteiger partial charge in [0.05, 0.1) is 31.7 Å². The number of hydrogen-bond acceptors (Lipinski definition) is 4. The first-order valence-electron chi connectivity index (χ1n) is 8.03. The zero-order chi connectivity index (χ0) is 16.8. The van der Waals surface area contributed by atoms with Crippen LogP contribution in [0.4, 0.5) is 4.79 Å². The minimum Gasteiger partial charge on any atom is -0.467 e. The molecule has 2 atom stereocenters. The maximum Gasteiger partial charge on any atom is 0.315 e. The Morgan fingerprint density at radius 3 is 3.00 bits per heavy atom. The molecule has 0 aromatic carbocycles. The van der Waals surface area contributed by atoms with Crippen molar-refractivity contribution in [3.63, 3.8) is 0 Å². The molecule has 2 aromatic rings. The highest BCUT2D eigenvalue weighted by Gasteiger charge is 2.29. The van der Waals surface area contributed by atoms with Crippen LogP contribution < -0.4 is 16.0 Å². The second-order valence-electron chi connectivity index (χ2n) is 5.80. The molecule has 3 N–H and O–H groups in total. The molecule has 0 saturated heterocycles. The Morgan fingerprint density at radius 1 is 1.33 bits per heavy atom. The smallest absolute Gasteiger partial charge is 0.315 e. The summed E-state index contributed by atoms with van der Waals surface area (Å²) in [5.41, 5.74) is 0. The van der Waals surface area contributed by atoms with Crippen LogP contribution in [-0.2, 0) is 11.3 Å². The SMILES string of the molecule is O=C(CNC(=O)NCc1ccco1)N[C@H]1CCC[C@@H]1n1ccnc1. The summed E-state index contributed by atoms with van der Waals surface area (Å²) >= 11 is 0. The summed E-state index contributed by atoms with van der Waals surface area (Å²) in [5.74, 6) is 0.462. The van der Waals surface area contributed by atoms with Gasteiger partial charge in [-0.15, -0.1) is 0 Å². The molecule has 1 saturated carbocycles. The van der Waals surface area contributed by atoms with Crippen molar-refractivity contribution in [2.45, 2.75) is 37.9 Å². The molecule has 1 aliphatic carbocycles. The molecule has 0 bridgehead atoms. The number of rotatable bonds is 6. The lowest BCUT2D eigenvalue weighted by Crippen LogP contribution is -2.45. The number of hydrogen-bond donors (Lipinski definition) is 3. The number of carbonyl (C=O) groups excluding carboxylic acids is 2. The Morgan fingerprint density at radius 2 is 2.25 bits per heavy atom. The molecule has 3 rings (SSSR count). The van der Waals surface area contributed by atoms with Crippen molar-refractivity contribution in [1.82, 2.24) is 25.5 Å². The van der Waals surface area contributed by atoms with E-state index in [9.17, 15) is 9.59 Å². The number of imidazole rings is 1. The monoisotopic (exact) mass is 331 g/mol. The van der Waals surface area contributed by atoms with Gasteiger partial charge in [-0.1, -0.05) is 0 Å². The maximum absolute atomic E-state index is 12.1. The summed E-state index contributed by atoms with van der Waals surface area (Å²) in [6, 6.07) is 3.41. The van der Waals surface area contributed by atoms with Crippen LogP contribution in [0.1, 0.15) is 31.1 Å². The number of urea groups is 1. The molecule has 2 heterocycles. The van der Waals surface area contributed by atoms with E-state index < -0.39 is 6.03 Å². The van der Waals surface area contributed by atoms with Gasteiger partial charge in [-0.3, -0.25) is 4.79 Å². The average Bonchev–Trinajstić information content (AvgIpc) is 3.31. The molecule has 8 heteroatoms. The number of aromatic nitrogens is 2. The number of carbonyl (C=O) groups is 2. The van der Waals surface area contributed by atoms with E-state index in [2.05, 4.69) is 20.9 Å². The topological polar surface area (TPSA) is 101 Å². The van der Waals surface area contributed by atoms with Crippen molar-refractivity contribution in [3.8, 4) is 0 Å². The lowest BCUT2D eigenvalue weighted by Gasteiger charge is -2.22. The Bertz CT molecular complexity index is 653. The molecule has 0 radical (unpaired) electrons. The third-order valence-electron chi connectivity index (χ3n) is 4.15. The fourth-order valence-electron chi connectivity index (χ4n) is 2.99. The Balaban J connectivity index is 1.39. The predicted octanol–water partition coefficient (Wildman–Crippen LogP) is 1.19. The quantitative estimate of drug-likeness (QED) is 0.740. The summed E-state index contributed by atoms with van der Waals surface area (Å²) in [7, 11) is 0. The van der Waals surface area contributed by atoms with Gasteiger partial charge in [0.25, 0.3) is 0 Å². The Hall–Kier alpha value is -2.77. The lowest BCUT2D eigenvalue weighted by atomic mass is 10.1. The molecular weight excluding hydrogens is 310 g/mol. The van der Waals surface area contributed by atoms with Crippen molar-refractivity contribution in [1.29, 1.82) is 0 Å². The van der Waals surface area contributed by atoms with Crippen LogP contribution >= 0.6 is 0 Å².